The molecule has 1 aliphatic heterocycles. The molecule has 226 valence electrons. The maximum Gasteiger partial charge on any atom is 0.101 e. The molecule has 5 aromatic carbocycles. The summed E-state index contributed by atoms with van der Waals surface area (Å²) < 4.78 is 2.41. The molecule has 0 saturated heterocycles. The summed E-state index contributed by atoms with van der Waals surface area (Å²) >= 11 is 0. The van der Waals surface area contributed by atoms with Gasteiger partial charge in [0.15, 0.2) is 0 Å². The summed E-state index contributed by atoms with van der Waals surface area (Å²) in [6.07, 6.45) is 16.0. The van der Waals surface area contributed by atoms with Gasteiger partial charge in [-0.25, -0.2) is 0 Å². The lowest BCUT2D eigenvalue weighted by Crippen LogP contribution is -2.29. The van der Waals surface area contributed by atoms with Gasteiger partial charge in [-0.15, -0.1) is 0 Å². The maximum absolute atomic E-state index is 10.6. The molecule has 0 spiro atoms. The monoisotopic (exact) mass is 614 g/mol. The van der Waals surface area contributed by atoms with E-state index in [1.165, 1.54) is 44.2 Å². The van der Waals surface area contributed by atoms with Gasteiger partial charge in [-0.2, -0.15) is 10.5 Å². The molecule has 0 N–H and O–H groups in total. The van der Waals surface area contributed by atoms with Gasteiger partial charge in [0.05, 0.1) is 40.0 Å². The third-order valence-corrected chi connectivity index (χ3v) is 10.2. The van der Waals surface area contributed by atoms with Crippen molar-refractivity contribution in [2.75, 3.05) is 4.90 Å². The number of hydrogen-bond acceptors (Lipinski definition) is 3. The van der Waals surface area contributed by atoms with E-state index >= 15 is 0 Å². The molecular weight excluding hydrogens is 585 g/mol. The SMILES string of the molecule is N#Cc1ccc2c(c1)N(c1ccc(C3=CC=CCC3c3ccccc3-n3c4ccccc4c4ccccc43)cc1C#N)C1C=CC=CC21. The quantitative estimate of drug-likeness (QED) is 0.199. The van der Waals surface area contributed by atoms with Gasteiger partial charge in [0.1, 0.15) is 6.07 Å². The predicted molar refractivity (Wildman–Crippen MR) is 195 cm³/mol. The number of nitrogens with zero attached hydrogens (tertiary/aromatic N) is 4. The van der Waals surface area contributed by atoms with E-state index < -0.39 is 0 Å². The average molecular weight is 615 g/mol. The summed E-state index contributed by atoms with van der Waals surface area (Å²) in [5, 5.41) is 22.8. The fourth-order valence-electron chi connectivity index (χ4n) is 8.09. The van der Waals surface area contributed by atoms with Crippen molar-refractivity contribution in [3.05, 3.63) is 180 Å². The average Bonchev–Trinajstić information content (AvgIpc) is 3.67. The topological polar surface area (TPSA) is 55.8 Å². The van der Waals surface area contributed by atoms with Crippen LogP contribution in [0, 0.1) is 22.7 Å². The van der Waals surface area contributed by atoms with Gasteiger partial charge < -0.3 is 9.47 Å². The molecule has 2 heterocycles. The number of hydrogen-bond donors (Lipinski definition) is 0. The number of benzene rings is 5. The summed E-state index contributed by atoms with van der Waals surface area (Å²) in [6.45, 7) is 0. The van der Waals surface area contributed by atoms with Gasteiger partial charge in [0.2, 0.25) is 0 Å². The van der Waals surface area contributed by atoms with Crippen LogP contribution in [0.15, 0.2) is 152 Å². The second kappa shape index (κ2) is 11.2. The highest BCUT2D eigenvalue weighted by atomic mass is 15.2. The Morgan fingerprint density at radius 2 is 1.38 bits per heavy atom. The molecule has 6 aromatic rings. The zero-order valence-electron chi connectivity index (χ0n) is 26.2. The number of aromatic nitrogens is 1. The highest BCUT2D eigenvalue weighted by molar-refractivity contribution is 6.09. The van der Waals surface area contributed by atoms with Crippen molar-refractivity contribution in [3.8, 4) is 17.8 Å². The van der Waals surface area contributed by atoms with Crippen LogP contribution in [0.3, 0.4) is 0 Å². The van der Waals surface area contributed by atoms with Gasteiger partial charge in [-0.05, 0) is 71.1 Å². The van der Waals surface area contributed by atoms with Gasteiger partial charge >= 0.3 is 0 Å². The first-order chi connectivity index (χ1) is 23.7. The minimum Gasteiger partial charge on any atom is -0.332 e. The molecule has 2 aliphatic carbocycles. The van der Waals surface area contributed by atoms with E-state index in [0.717, 1.165) is 23.4 Å². The van der Waals surface area contributed by atoms with Crippen LogP contribution >= 0.6 is 0 Å². The number of anilines is 2. The van der Waals surface area contributed by atoms with E-state index in [4.69, 9.17) is 0 Å². The number of rotatable bonds is 4. The minimum atomic E-state index is 0.0413. The van der Waals surface area contributed by atoms with Crippen molar-refractivity contribution in [2.45, 2.75) is 24.3 Å². The Hall–Kier alpha value is -6.36. The number of fused-ring (bicyclic) bond motifs is 6. The van der Waals surface area contributed by atoms with Crippen LogP contribution in [-0.2, 0) is 0 Å². The Balaban J connectivity index is 1.16. The molecule has 1 aromatic heterocycles. The first-order valence-corrected chi connectivity index (χ1v) is 16.4. The molecule has 3 aliphatic rings. The second-order valence-electron chi connectivity index (χ2n) is 12.7. The van der Waals surface area contributed by atoms with Crippen LogP contribution in [0.1, 0.15) is 46.1 Å². The van der Waals surface area contributed by atoms with Crippen molar-refractivity contribution < 1.29 is 0 Å². The molecule has 4 heteroatoms. The summed E-state index contributed by atoms with van der Waals surface area (Å²) in [5.41, 5.74) is 11.3. The summed E-state index contributed by atoms with van der Waals surface area (Å²) in [4.78, 5) is 2.24. The standard InChI is InChI=1S/C44H30N4/c45-27-29-21-23-38-37-16-6-8-18-41(37)47(44(38)25-29)39-24-22-30(26-31(39)28-46)32-11-1-2-12-33(32)34-13-3-7-17-40(34)48-42-19-9-4-14-35(42)36-15-5-10-20-43(36)48/h1-11,13-26,33,37,41H,12H2. The molecule has 0 saturated carbocycles. The van der Waals surface area contributed by atoms with Crippen molar-refractivity contribution in [1.29, 1.82) is 10.5 Å². The normalized spacial score (nSPS) is 19.2. The molecular formula is C44H30N4. The fourth-order valence-corrected chi connectivity index (χ4v) is 8.09. The van der Waals surface area contributed by atoms with Crippen LogP contribution < -0.4 is 4.90 Å². The molecule has 48 heavy (non-hydrogen) atoms. The second-order valence-corrected chi connectivity index (χ2v) is 12.7. The first kappa shape index (κ1) is 27.9. The Labute approximate surface area is 279 Å². The van der Waals surface area contributed by atoms with Crippen LogP contribution in [0.4, 0.5) is 11.4 Å². The Bertz CT molecular complexity index is 2440. The van der Waals surface area contributed by atoms with Crippen molar-refractivity contribution in [3.63, 3.8) is 0 Å². The third-order valence-electron chi connectivity index (χ3n) is 10.2. The van der Waals surface area contributed by atoms with Crippen molar-refractivity contribution in [2.24, 2.45) is 0 Å². The third kappa shape index (κ3) is 4.20. The molecule has 0 radical (unpaired) electrons. The highest BCUT2D eigenvalue weighted by Gasteiger charge is 2.38. The van der Waals surface area contributed by atoms with Crippen LogP contribution in [0.2, 0.25) is 0 Å². The summed E-state index contributed by atoms with van der Waals surface area (Å²) in [6, 6.07) is 43.1. The molecule has 0 amide bonds. The number of para-hydroxylation sites is 3. The Morgan fingerprint density at radius 1 is 0.625 bits per heavy atom. The van der Waals surface area contributed by atoms with E-state index in [1.807, 2.05) is 12.1 Å². The molecule has 3 unspecified atom stereocenters. The van der Waals surface area contributed by atoms with Gasteiger partial charge in [-0.1, -0.05) is 109 Å². The van der Waals surface area contributed by atoms with Crippen LogP contribution in [-0.4, -0.2) is 10.6 Å². The van der Waals surface area contributed by atoms with Gasteiger partial charge in [0, 0.05) is 34.0 Å². The Kier molecular flexibility index (Phi) is 6.49. The number of allylic oxidation sites excluding steroid dienone is 6. The Morgan fingerprint density at radius 3 is 2.17 bits per heavy atom. The first-order valence-electron chi connectivity index (χ1n) is 16.4. The zero-order chi connectivity index (χ0) is 32.2. The summed E-state index contributed by atoms with van der Waals surface area (Å²) in [5.74, 6) is 0.266. The predicted octanol–water partition coefficient (Wildman–Crippen LogP) is 10.4. The zero-order valence-corrected chi connectivity index (χ0v) is 26.2. The van der Waals surface area contributed by atoms with Crippen molar-refractivity contribution in [1.82, 2.24) is 4.57 Å². The molecule has 0 bridgehead atoms. The van der Waals surface area contributed by atoms with E-state index in [9.17, 15) is 10.5 Å². The largest absolute Gasteiger partial charge is 0.332 e. The lowest BCUT2D eigenvalue weighted by atomic mass is 9.80. The van der Waals surface area contributed by atoms with E-state index in [0.29, 0.717) is 11.1 Å². The maximum atomic E-state index is 10.6. The van der Waals surface area contributed by atoms with E-state index in [2.05, 4.69) is 161 Å². The van der Waals surface area contributed by atoms with Gasteiger partial charge in [-0.3, -0.25) is 0 Å². The molecule has 3 atom stereocenters. The molecule has 4 nitrogen and oxygen atoms in total. The smallest absolute Gasteiger partial charge is 0.101 e. The van der Waals surface area contributed by atoms with E-state index in [1.54, 1.807) is 0 Å². The van der Waals surface area contributed by atoms with Crippen LogP contribution in [0.5, 0.6) is 0 Å². The van der Waals surface area contributed by atoms with Crippen molar-refractivity contribution >= 4 is 38.8 Å². The van der Waals surface area contributed by atoms with E-state index in [-0.39, 0.29) is 17.9 Å². The minimum absolute atomic E-state index is 0.0413. The lowest BCUT2D eigenvalue weighted by molar-refractivity contribution is 0.744. The van der Waals surface area contributed by atoms with Crippen LogP contribution in [0.25, 0.3) is 33.1 Å². The fraction of sp³-hybridized carbons (Fsp3) is 0.0909. The lowest BCUT2D eigenvalue weighted by Gasteiger charge is -2.30. The molecule has 0 fully saturated rings. The number of nitriles is 2. The summed E-state index contributed by atoms with van der Waals surface area (Å²) in [7, 11) is 0. The molecule has 9 rings (SSSR count). The van der Waals surface area contributed by atoms with Gasteiger partial charge in [0.25, 0.3) is 0 Å². The highest BCUT2D eigenvalue weighted by Crippen LogP contribution is 2.50.